The third kappa shape index (κ3) is 13.8. The van der Waals surface area contributed by atoms with Crippen LogP contribution in [0.2, 0.25) is 10.0 Å². The fourth-order valence-electron chi connectivity index (χ4n) is 8.99. The quantitative estimate of drug-likeness (QED) is 0.121. The van der Waals surface area contributed by atoms with Gasteiger partial charge in [-0.3, -0.25) is 9.59 Å². The molecule has 0 radical (unpaired) electrons. The number of rotatable bonds is 14. The number of likely N-dealkylation sites (N-methyl/N-ethyl adjacent to an activating group) is 1. The molecule has 62 heavy (non-hydrogen) atoms. The van der Waals surface area contributed by atoms with E-state index >= 15 is 0 Å². The zero-order valence-corrected chi connectivity index (χ0v) is 38.8. The summed E-state index contributed by atoms with van der Waals surface area (Å²) in [6, 6.07) is 29.2. The number of ether oxygens (including phenoxy) is 2. The standard InChI is InChI=1S/C19H35NO2.C19H21NO.C14H11Cl2NO2/c1-3-20(4-2)15-16-22-18(21)19(13-9-6-10-14-19)17-11-7-5-8-12-17;1-20(2)13-7-11-17-16-9-4-3-8-15(16)14-21-19-12-6-5-10-18(17)19;15-10-5-3-6-11(16)14(10)17-12-7-2-1-4-9(12)8-13(18)19/h17H,3-16H2,1-2H3;3-6,8-12H,7,13-14H2,1-2H3;1-7,17H,8H2,(H,18,19). The van der Waals surface area contributed by atoms with Crippen molar-refractivity contribution in [2.24, 2.45) is 11.3 Å². The van der Waals surface area contributed by atoms with E-state index in [1.807, 2.05) is 12.1 Å². The number of carbonyl (C=O) groups is 2. The van der Waals surface area contributed by atoms with Crippen LogP contribution in [0.4, 0.5) is 11.4 Å². The van der Waals surface area contributed by atoms with Crippen molar-refractivity contribution in [2.45, 2.75) is 97.5 Å². The molecule has 0 amide bonds. The Morgan fingerprint density at radius 3 is 2.11 bits per heavy atom. The molecule has 1 aliphatic heterocycles. The van der Waals surface area contributed by atoms with Crippen LogP contribution in [-0.4, -0.2) is 73.7 Å². The first-order valence-electron chi connectivity index (χ1n) is 22.6. The Hall–Kier alpha value is -4.34. The highest BCUT2D eigenvalue weighted by Crippen LogP contribution is 2.49. The van der Waals surface area contributed by atoms with Gasteiger partial charge in [-0.1, -0.05) is 148 Å². The van der Waals surface area contributed by atoms with Gasteiger partial charge < -0.3 is 29.7 Å². The third-order valence-electron chi connectivity index (χ3n) is 12.4. The van der Waals surface area contributed by atoms with Gasteiger partial charge in [0.2, 0.25) is 0 Å². The van der Waals surface area contributed by atoms with Gasteiger partial charge in [0.15, 0.2) is 0 Å². The third-order valence-corrected chi connectivity index (χ3v) is 13.1. The summed E-state index contributed by atoms with van der Waals surface area (Å²) in [4.78, 5) is 28.3. The number of hydrogen-bond acceptors (Lipinski definition) is 7. The molecule has 2 fully saturated rings. The maximum absolute atomic E-state index is 12.9. The lowest BCUT2D eigenvalue weighted by molar-refractivity contribution is -0.164. The summed E-state index contributed by atoms with van der Waals surface area (Å²) in [6.07, 6.45) is 15.6. The molecule has 7 rings (SSSR count). The lowest BCUT2D eigenvalue weighted by Gasteiger charge is -2.43. The lowest BCUT2D eigenvalue weighted by atomic mass is 9.62. The number of fused-ring (bicyclic) bond motifs is 2. The molecule has 1 heterocycles. The van der Waals surface area contributed by atoms with Gasteiger partial charge in [0.25, 0.3) is 0 Å². The van der Waals surface area contributed by atoms with Gasteiger partial charge in [-0.2, -0.15) is 0 Å². The Morgan fingerprint density at radius 2 is 1.44 bits per heavy atom. The number of esters is 1. The summed E-state index contributed by atoms with van der Waals surface area (Å²) in [6.45, 7) is 9.51. The largest absolute Gasteiger partial charge is 0.488 e. The second kappa shape index (κ2) is 25.1. The van der Waals surface area contributed by atoms with Crippen LogP contribution in [0.3, 0.4) is 0 Å². The summed E-state index contributed by atoms with van der Waals surface area (Å²) < 4.78 is 11.8. The van der Waals surface area contributed by atoms with Gasteiger partial charge in [-0.15, -0.1) is 0 Å². The Kier molecular flexibility index (Phi) is 19.7. The van der Waals surface area contributed by atoms with E-state index in [-0.39, 0.29) is 17.8 Å². The molecule has 0 saturated heterocycles. The van der Waals surface area contributed by atoms with Crippen LogP contribution in [0.15, 0.2) is 97.1 Å². The van der Waals surface area contributed by atoms with Crippen LogP contribution in [-0.2, 0) is 27.4 Å². The van der Waals surface area contributed by atoms with Crippen LogP contribution in [0.25, 0.3) is 5.57 Å². The van der Waals surface area contributed by atoms with Crippen LogP contribution < -0.4 is 10.1 Å². The monoisotopic (exact) mass is 883 g/mol. The number of carboxylic acid groups (broad SMARTS) is 1. The van der Waals surface area contributed by atoms with Crippen LogP contribution in [0.5, 0.6) is 5.75 Å². The zero-order valence-electron chi connectivity index (χ0n) is 37.3. The maximum Gasteiger partial charge on any atom is 0.312 e. The summed E-state index contributed by atoms with van der Waals surface area (Å²) in [5, 5.41) is 12.9. The Bertz CT molecular complexity index is 1980. The minimum absolute atomic E-state index is 0.0642. The van der Waals surface area contributed by atoms with E-state index in [2.05, 4.69) is 91.6 Å². The SMILES string of the molecule is CCN(CC)CCOC(=O)C1(C2CCCCC2)CCCCC1.CN(C)CCC=C1c2ccccc2COc2ccccc21.O=C(O)Cc1ccccc1Nc1c(Cl)cccc1Cl. The molecule has 4 aromatic carbocycles. The van der Waals surface area contributed by atoms with Crippen molar-refractivity contribution in [3.05, 3.63) is 129 Å². The van der Waals surface area contributed by atoms with E-state index in [9.17, 15) is 9.59 Å². The second-order valence-electron chi connectivity index (χ2n) is 16.8. The molecule has 2 N–H and O–H groups in total. The lowest BCUT2D eigenvalue weighted by Crippen LogP contribution is -2.43. The minimum Gasteiger partial charge on any atom is -0.488 e. The number of anilines is 2. The zero-order chi connectivity index (χ0) is 44.3. The number of nitrogens with zero attached hydrogens (tertiary/aromatic N) is 2. The number of carboxylic acids is 1. The molecular formula is C52H67Cl2N3O5. The van der Waals surface area contributed by atoms with Crippen molar-refractivity contribution in [3.63, 3.8) is 0 Å². The highest BCUT2D eigenvalue weighted by atomic mass is 35.5. The average Bonchev–Trinajstić information content (AvgIpc) is 3.44. The molecule has 3 aliphatic rings. The van der Waals surface area contributed by atoms with Crippen LogP contribution in [0.1, 0.15) is 107 Å². The molecule has 334 valence electrons. The average molecular weight is 885 g/mol. The molecule has 0 aromatic heterocycles. The van der Waals surface area contributed by atoms with E-state index in [1.54, 1.807) is 36.4 Å². The van der Waals surface area contributed by atoms with Crippen LogP contribution >= 0.6 is 23.2 Å². The summed E-state index contributed by atoms with van der Waals surface area (Å²) in [7, 11) is 4.22. The second-order valence-corrected chi connectivity index (χ2v) is 17.6. The van der Waals surface area contributed by atoms with Crippen molar-refractivity contribution in [1.82, 2.24) is 9.80 Å². The number of benzene rings is 4. The first-order chi connectivity index (χ1) is 30.1. The Balaban J connectivity index is 0.000000176. The molecule has 10 heteroatoms. The first-order valence-corrected chi connectivity index (χ1v) is 23.4. The molecule has 0 spiro atoms. The number of para-hydroxylation sites is 3. The van der Waals surface area contributed by atoms with Gasteiger partial charge in [0.05, 0.1) is 27.6 Å². The summed E-state index contributed by atoms with van der Waals surface area (Å²) >= 11 is 12.1. The molecule has 0 unspecified atom stereocenters. The fraction of sp³-hybridized carbons (Fsp3) is 0.462. The topological polar surface area (TPSA) is 91.3 Å². The van der Waals surface area contributed by atoms with E-state index in [4.69, 9.17) is 37.8 Å². The molecule has 8 nitrogen and oxygen atoms in total. The fourth-order valence-corrected chi connectivity index (χ4v) is 9.48. The van der Waals surface area contributed by atoms with Gasteiger partial charge in [0, 0.05) is 24.3 Å². The van der Waals surface area contributed by atoms with Crippen molar-refractivity contribution in [1.29, 1.82) is 0 Å². The van der Waals surface area contributed by atoms with Gasteiger partial charge in [-0.25, -0.2) is 0 Å². The summed E-state index contributed by atoms with van der Waals surface area (Å²) in [5.74, 6) is 0.804. The van der Waals surface area contributed by atoms with E-state index < -0.39 is 5.97 Å². The van der Waals surface area contributed by atoms with Gasteiger partial charge in [0.1, 0.15) is 19.0 Å². The molecular weight excluding hydrogens is 817 g/mol. The Labute approximate surface area is 380 Å². The van der Waals surface area contributed by atoms with Crippen molar-refractivity contribution in [2.75, 3.05) is 52.2 Å². The molecule has 4 aromatic rings. The smallest absolute Gasteiger partial charge is 0.312 e. The molecule has 2 aliphatic carbocycles. The maximum atomic E-state index is 12.9. The van der Waals surface area contributed by atoms with Crippen molar-refractivity contribution in [3.8, 4) is 5.75 Å². The van der Waals surface area contributed by atoms with Crippen molar-refractivity contribution >= 4 is 52.1 Å². The van der Waals surface area contributed by atoms with E-state index in [0.29, 0.717) is 46.1 Å². The summed E-state index contributed by atoms with van der Waals surface area (Å²) in [5.41, 5.74) is 6.82. The number of aliphatic carboxylic acids is 1. The van der Waals surface area contributed by atoms with E-state index in [1.165, 1.54) is 73.6 Å². The van der Waals surface area contributed by atoms with E-state index in [0.717, 1.165) is 51.2 Å². The van der Waals surface area contributed by atoms with Gasteiger partial charge in [-0.05, 0) is 112 Å². The predicted octanol–water partition coefficient (Wildman–Crippen LogP) is 12.7. The first kappa shape index (κ1) is 48.7. The van der Waals surface area contributed by atoms with Gasteiger partial charge >= 0.3 is 11.9 Å². The van der Waals surface area contributed by atoms with Crippen LogP contribution in [0, 0.1) is 11.3 Å². The highest BCUT2D eigenvalue weighted by molar-refractivity contribution is 6.39. The Morgan fingerprint density at radius 1 is 0.806 bits per heavy atom. The minimum atomic E-state index is -0.889. The highest BCUT2D eigenvalue weighted by Gasteiger charge is 2.47. The number of hydrogen-bond donors (Lipinski definition) is 2. The molecule has 2 saturated carbocycles. The number of nitrogens with one attached hydrogen (secondary N) is 1. The van der Waals surface area contributed by atoms with Crippen molar-refractivity contribution < 1.29 is 24.2 Å². The molecule has 0 atom stereocenters. The normalized spacial score (nSPS) is 16.4. The molecule has 0 bridgehead atoms. The number of halogens is 2. The predicted molar refractivity (Wildman–Crippen MR) is 256 cm³/mol. The number of carbonyl (C=O) groups excluding carboxylic acids is 1.